The first-order valence-electron chi connectivity index (χ1n) is 8.17. The fourth-order valence-electron chi connectivity index (χ4n) is 2.10. The average Bonchev–Trinajstić information content (AvgIpc) is 2.64. The molecule has 0 bridgehead atoms. The van der Waals surface area contributed by atoms with Gasteiger partial charge in [0.15, 0.2) is 0 Å². The first kappa shape index (κ1) is 18.9. The van der Waals surface area contributed by atoms with Crippen molar-refractivity contribution in [2.24, 2.45) is 0 Å². The highest BCUT2D eigenvalue weighted by Gasteiger charge is 2.09. The number of phenols is 1. The molecule has 0 heterocycles. The van der Waals surface area contributed by atoms with E-state index >= 15 is 0 Å². The van der Waals surface area contributed by atoms with Crippen LogP contribution in [0.15, 0.2) is 48.5 Å². The molecule has 2 unspecified atom stereocenters. The van der Waals surface area contributed by atoms with E-state index < -0.39 is 6.10 Å². The van der Waals surface area contributed by atoms with Crippen molar-refractivity contribution in [1.82, 2.24) is 5.32 Å². The molecule has 0 aliphatic rings. The molecule has 0 aliphatic carbocycles. The Bertz CT molecular complexity index is 632. The van der Waals surface area contributed by atoms with Crippen molar-refractivity contribution in [1.29, 1.82) is 0 Å². The lowest BCUT2D eigenvalue weighted by Crippen LogP contribution is -2.39. The van der Waals surface area contributed by atoms with Crippen molar-refractivity contribution < 1.29 is 24.4 Å². The predicted octanol–water partition coefficient (Wildman–Crippen LogP) is 2.20. The highest BCUT2D eigenvalue weighted by molar-refractivity contribution is 5.32. The van der Waals surface area contributed by atoms with Gasteiger partial charge in [0.05, 0.1) is 7.11 Å². The van der Waals surface area contributed by atoms with Gasteiger partial charge in [0.1, 0.15) is 42.3 Å². The molecule has 0 fully saturated rings. The summed E-state index contributed by atoms with van der Waals surface area (Å²) < 4.78 is 16.3. The molecule has 136 valence electrons. The predicted molar refractivity (Wildman–Crippen MR) is 95.6 cm³/mol. The summed E-state index contributed by atoms with van der Waals surface area (Å²) in [6, 6.07) is 13.9. The number of hydrogen-bond acceptors (Lipinski definition) is 6. The van der Waals surface area contributed by atoms with Crippen LogP contribution in [0.25, 0.3) is 0 Å². The summed E-state index contributed by atoms with van der Waals surface area (Å²) in [5, 5.41) is 22.4. The molecule has 6 heteroatoms. The van der Waals surface area contributed by atoms with Crippen LogP contribution in [-0.2, 0) is 0 Å². The topological polar surface area (TPSA) is 80.2 Å². The van der Waals surface area contributed by atoms with Crippen LogP contribution in [0, 0.1) is 0 Å². The number of nitrogens with one attached hydrogen (secondary N) is 1. The number of rotatable bonds is 10. The summed E-state index contributed by atoms with van der Waals surface area (Å²) in [6.45, 7) is 3.01. The third-order valence-corrected chi connectivity index (χ3v) is 3.52. The minimum Gasteiger partial charge on any atom is -0.508 e. The second kappa shape index (κ2) is 9.76. The van der Waals surface area contributed by atoms with E-state index in [0.717, 1.165) is 11.5 Å². The second-order valence-corrected chi connectivity index (χ2v) is 5.76. The van der Waals surface area contributed by atoms with Gasteiger partial charge in [-0.1, -0.05) is 6.07 Å². The zero-order chi connectivity index (χ0) is 18.1. The molecule has 2 aromatic rings. The van der Waals surface area contributed by atoms with Crippen LogP contribution in [0.4, 0.5) is 0 Å². The molecule has 25 heavy (non-hydrogen) atoms. The molecule has 6 nitrogen and oxygen atoms in total. The van der Waals surface area contributed by atoms with E-state index in [2.05, 4.69) is 5.32 Å². The van der Waals surface area contributed by atoms with Crippen molar-refractivity contribution in [3.63, 3.8) is 0 Å². The Labute approximate surface area is 148 Å². The number of benzene rings is 2. The van der Waals surface area contributed by atoms with E-state index in [0.29, 0.717) is 18.9 Å². The largest absolute Gasteiger partial charge is 0.508 e. The number of ether oxygens (including phenoxy) is 3. The summed E-state index contributed by atoms with van der Waals surface area (Å²) >= 11 is 0. The summed E-state index contributed by atoms with van der Waals surface area (Å²) in [5.74, 6) is 2.27. The summed E-state index contributed by atoms with van der Waals surface area (Å²) in [4.78, 5) is 0. The van der Waals surface area contributed by atoms with Gasteiger partial charge in [0.25, 0.3) is 0 Å². The monoisotopic (exact) mass is 347 g/mol. The van der Waals surface area contributed by atoms with Crippen LogP contribution in [-0.4, -0.2) is 49.2 Å². The van der Waals surface area contributed by atoms with Crippen molar-refractivity contribution >= 4 is 0 Å². The number of aliphatic hydroxyl groups is 1. The van der Waals surface area contributed by atoms with Gasteiger partial charge in [-0.05, 0) is 43.3 Å². The van der Waals surface area contributed by atoms with Gasteiger partial charge in [-0.15, -0.1) is 0 Å². The molecule has 2 rings (SSSR count). The van der Waals surface area contributed by atoms with E-state index in [1.54, 1.807) is 19.2 Å². The summed E-state index contributed by atoms with van der Waals surface area (Å²) in [5.41, 5.74) is 0. The van der Waals surface area contributed by atoms with E-state index in [1.807, 2.05) is 31.2 Å². The van der Waals surface area contributed by atoms with Gasteiger partial charge in [-0.25, -0.2) is 0 Å². The van der Waals surface area contributed by atoms with E-state index in [1.165, 1.54) is 12.1 Å². The zero-order valence-corrected chi connectivity index (χ0v) is 14.5. The third kappa shape index (κ3) is 6.91. The van der Waals surface area contributed by atoms with E-state index in [4.69, 9.17) is 14.2 Å². The first-order chi connectivity index (χ1) is 12.1. The number of methoxy groups -OCH3 is 1. The van der Waals surface area contributed by atoms with E-state index in [9.17, 15) is 10.2 Å². The molecule has 0 saturated carbocycles. The Morgan fingerprint density at radius 2 is 1.64 bits per heavy atom. The van der Waals surface area contributed by atoms with Crippen LogP contribution < -0.4 is 19.5 Å². The van der Waals surface area contributed by atoms with Gasteiger partial charge in [-0.3, -0.25) is 0 Å². The molecule has 0 aromatic heterocycles. The highest BCUT2D eigenvalue weighted by atomic mass is 16.5. The molecule has 2 aromatic carbocycles. The Hall–Kier alpha value is -2.44. The fourth-order valence-corrected chi connectivity index (χ4v) is 2.10. The minimum atomic E-state index is -0.645. The van der Waals surface area contributed by atoms with Crippen LogP contribution in [0.1, 0.15) is 6.92 Å². The number of phenolic OH excluding ortho intramolecular Hbond substituents is 1. The Kier molecular flexibility index (Phi) is 7.37. The molecule has 0 aliphatic heterocycles. The normalized spacial score (nSPS) is 13.1. The quantitative estimate of drug-likeness (QED) is 0.611. The number of aromatic hydroxyl groups is 1. The second-order valence-electron chi connectivity index (χ2n) is 5.76. The van der Waals surface area contributed by atoms with Gasteiger partial charge < -0.3 is 29.7 Å². The number of hydrogen-bond donors (Lipinski definition) is 3. The van der Waals surface area contributed by atoms with Crippen molar-refractivity contribution in [2.75, 3.05) is 26.9 Å². The minimum absolute atomic E-state index is 0.0644. The van der Waals surface area contributed by atoms with Crippen molar-refractivity contribution in [3.05, 3.63) is 48.5 Å². The Balaban J connectivity index is 1.64. The summed E-state index contributed by atoms with van der Waals surface area (Å²) in [7, 11) is 1.62. The highest BCUT2D eigenvalue weighted by Crippen LogP contribution is 2.19. The van der Waals surface area contributed by atoms with Gasteiger partial charge in [0, 0.05) is 18.7 Å². The standard InChI is InChI=1S/C19H25NO5/c1-14(12-24-19-5-3-4-18(10-19)23-2)20-11-16(22)13-25-17-8-6-15(21)7-9-17/h3-10,14,16,20-22H,11-13H2,1-2H3. The van der Waals surface area contributed by atoms with E-state index in [-0.39, 0.29) is 18.4 Å². The van der Waals surface area contributed by atoms with Crippen molar-refractivity contribution in [2.45, 2.75) is 19.1 Å². The maximum absolute atomic E-state index is 9.97. The lowest BCUT2D eigenvalue weighted by atomic mass is 10.3. The fraction of sp³-hybridized carbons (Fsp3) is 0.368. The maximum atomic E-state index is 9.97. The molecular formula is C19H25NO5. The van der Waals surface area contributed by atoms with Crippen LogP contribution in [0.3, 0.4) is 0 Å². The zero-order valence-electron chi connectivity index (χ0n) is 14.5. The smallest absolute Gasteiger partial charge is 0.123 e. The average molecular weight is 347 g/mol. The molecule has 0 radical (unpaired) electrons. The lowest BCUT2D eigenvalue weighted by Gasteiger charge is -2.18. The van der Waals surface area contributed by atoms with Crippen molar-refractivity contribution in [3.8, 4) is 23.0 Å². The molecule has 0 saturated heterocycles. The SMILES string of the molecule is COc1cccc(OCC(C)NCC(O)COc2ccc(O)cc2)c1. The van der Waals surface area contributed by atoms with Crippen LogP contribution in [0.5, 0.6) is 23.0 Å². The number of aliphatic hydroxyl groups excluding tert-OH is 1. The summed E-state index contributed by atoms with van der Waals surface area (Å²) in [6.07, 6.45) is -0.645. The van der Waals surface area contributed by atoms with Crippen LogP contribution >= 0.6 is 0 Å². The molecule has 3 N–H and O–H groups in total. The third-order valence-electron chi connectivity index (χ3n) is 3.52. The van der Waals surface area contributed by atoms with Gasteiger partial charge >= 0.3 is 0 Å². The molecule has 0 amide bonds. The Morgan fingerprint density at radius 3 is 2.36 bits per heavy atom. The Morgan fingerprint density at radius 1 is 0.960 bits per heavy atom. The molecular weight excluding hydrogens is 322 g/mol. The first-order valence-corrected chi connectivity index (χ1v) is 8.17. The lowest BCUT2D eigenvalue weighted by molar-refractivity contribution is 0.101. The van der Waals surface area contributed by atoms with Gasteiger partial charge in [0.2, 0.25) is 0 Å². The van der Waals surface area contributed by atoms with Gasteiger partial charge in [-0.2, -0.15) is 0 Å². The molecule has 0 spiro atoms. The maximum Gasteiger partial charge on any atom is 0.123 e. The molecule has 2 atom stereocenters. The van der Waals surface area contributed by atoms with Crippen LogP contribution in [0.2, 0.25) is 0 Å².